The summed E-state index contributed by atoms with van der Waals surface area (Å²) >= 11 is 5.42. The first-order chi connectivity index (χ1) is 16.0. The number of halogens is 2. The van der Waals surface area contributed by atoms with Crippen molar-refractivity contribution in [2.45, 2.75) is 31.9 Å². The number of fused-ring (bicyclic) bond motifs is 3. The van der Waals surface area contributed by atoms with Gasteiger partial charge in [0.15, 0.2) is 11.5 Å². The minimum Gasteiger partial charge on any atom is -0.434 e. The smallest absolute Gasteiger partial charge is 0.387 e. The van der Waals surface area contributed by atoms with E-state index in [1.807, 2.05) is 24.3 Å². The minimum atomic E-state index is -3.05. The largest absolute Gasteiger partial charge is 0.434 e. The molecule has 0 aliphatic heterocycles. The van der Waals surface area contributed by atoms with Gasteiger partial charge in [0.2, 0.25) is 4.77 Å². The van der Waals surface area contributed by atoms with E-state index in [4.69, 9.17) is 18.0 Å². The van der Waals surface area contributed by atoms with Gasteiger partial charge >= 0.3 is 6.61 Å². The van der Waals surface area contributed by atoms with Crippen LogP contribution in [0.5, 0.6) is 5.75 Å². The highest BCUT2D eigenvalue weighted by Gasteiger charge is 2.23. The summed E-state index contributed by atoms with van der Waals surface area (Å²) in [6.07, 6.45) is 1.96. The van der Waals surface area contributed by atoms with Gasteiger partial charge < -0.3 is 20.8 Å². The van der Waals surface area contributed by atoms with Crippen molar-refractivity contribution in [2.24, 2.45) is 5.73 Å². The molecule has 0 saturated carbocycles. The molecule has 0 bridgehead atoms. The standard InChI is InChI=1S/C22H22F2N6O2S/c23-21(24)32-17-11-4-2-8-14(17)20(31)26-16(10-5-6-12-25)18-28-19-13-7-1-3-9-15(13)27-22(33)30(19)29-18/h1-4,7-9,11,16,21H,5-6,10,12,25H2,(H,26,31)(H,27,33). The molecule has 2 aromatic heterocycles. The third-order valence-corrected chi connectivity index (χ3v) is 5.41. The Morgan fingerprint density at radius 3 is 2.73 bits per heavy atom. The van der Waals surface area contributed by atoms with Crippen molar-refractivity contribution >= 4 is 34.7 Å². The van der Waals surface area contributed by atoms with Crippen LogP contribution in [0.3, 0.4) is 0 Å². The van der Waals surface area contributed by atoms with E-state index < -0.39 is 18.6 Å². The number of aromatic nitrogens is 4. The Hall–Kier alpha value is -3.44. The highest BCUT2D eigenvalue weighted by molar-refractivity contribution is 7.71. The Labute approximate surface area is 192 Å². The molecular formula is C22H22F2N6O2S. The van der Waals surface area contributed by atoms with E-state index in [1.54, 1.807) is 6.07 Å². The zero-order valence-corrected chi connectivity index (χ0v) is 18.3. The molecule has 1 amide bonds. The monoisotopic (exact) mass is 472 g/mol. The maximum atomic E-state index is 13.0. The normalized spacial score (nSPS) is 12.4. The summed E-state index contributed by atoms with van der Waals surface area (Å²) < 4.78 is 31.9. The van der Waals surface area contributed by atoms with Gasteiger partial charge in [-0.25, -0.2) is 4.98 Å². The van der Waals surface area contributed by atoms with Gasteiger partial charge in [0, 0.05) is 5.39 Å². The highest BCUT2D eigenvalue weighted by Crippen LogP contribution is 2.24. The second kappa shape index (κ2) is 10.0. The molecule has 11 heteroatoms. The number of nitrogens with zero attached hydrogens (tertiary/aromatic N) is 3. The van der Waals surface area contributed by atoms with Crippen molar-refractivity contribution < 1.29 is 18.3 Å². The first kappa shape index (κ1) is 22.7. The van der Waals surface area contributed by atoms with E-state index in [1.165, 1.54) is 22.7 Å². The molecule has 0 fully saturated rings. The molecule has 8 nitrogen and oxygen atoms in total. The molecule has 33 heavy (non-hydrogen) atoms. The molecule has 0 spiro atoms. The first-order valence-corrected chi connectivity index (χ1v) is 10.8. The number of nitrogens with two attached hydrogens (primary N) is 1. The fourth-order valence-corrected chi connectivity index (χ4v) is 3.83. The first-order valence-electron chi connectivity index (χ1n) is 10.4. The summed E-state index contributed by atoms with van der Waals surface area (Å²) in [7, 11) is 0. The topological polar surface area (TPSA) is 110 Å². The lowest BCUT2D eigenvalue weighted by atomic mass is 10.1. The maximum Gasteiger partial charge on any atom is 0.387 e. The third kappa shape index (κ3) is 4.99. The van der Waals surface area contributed by atoms with E-state index in [0.29, 0.717) is 35.6 Å². The summed E-state index contributed by atoms with van der Waals surface area (Å²) in [4.78, 5) is 20.8. The highest BCUT2D eigenvalue weighted by atomic mass is 32.1. The molecule has 2 heterocycles. The maximum absolute atomic E-state index is 13.0. The number of carbonyl (C=O) groups excluding carboxylic acids is 1. The summed E-state index contributed by atoms with van der Waals surface area (Å²) in [6, 6.07) is 12.8. The van der Waals surface area contributed by atoms with Gasteiger partial charge in [0.05, 0.1) is 17.1 Å². The van der Waals surface area contributed by atoms with Crippen molar-refractivity contribution in [3.63, 3.8) is 0 Å². The number of nitrogens with one attached hydrogen (secondary N) is 2. The quantitative estimate of drug-likeness (QED) is 0.249. The molecule has 1 atom stereocenters. The van der Waals surface area contributed by atoms with E-state index in [9.17, 15) is 13.6 Å². The number of amides is 1. The SMILES string of the molecule is NCCCCC(NC(=O)c1ccccc1OC(F)F)c1nc2c3ccccc3[nH]c(=S)n2n1. The molecule has 4 aromatic rings. The average Bonchev–Trinajstić information content (AvgIpc) is 3.25. The molecule has 0 saturated heterocycles. The molecule has 0 aliphatic rings. The summed E-state index contributed by atoms with van der Waals surface area (Å²) in [5.74, 6) is -0.413. The lowest BCUT2D eigenvalue weighted by molar-refractivity contribution is -0.0501. The van der Waals surface area contributed by atoms with E-state index >= 15 is 0 Å². The van der Waals surface area contributed by atoms with Crippen LogP contribution in [0.25, 0.3) is 16.6 Å². The number of hydrogen-bond acceptors (Lipinski definition) is 6. The van der Waals surface area contributed by atoms with Gasteiger partial charge in [-0.05, 0) is 62.3 Å². The van der Waals surface area contributed by atoms with E-state index in [0.717, 1.165) is 17.3 Å². The van der Waals surface area contributed by atoms with Crippen LogP contribution in [0.1, 0.15) is 41.5 Å². The van der Waals surface area contributed by atoms with Crippen molar-refractivity contribution in [3.8, 4) is 5.75 Å². The molecule has 2 aromatic carbocycles. The number of para-hydroxylation sites is 2. The van der Waals surface area contributed by atoms with Crippen LogP contribution in [0.2, 0.25) is 0 Å². The second-order valence-corrected chi connectivity index (χ2v) is 7.75. The Bertz CT molecular complexity index is 1340. The molecule has 4 N–H and O–H groups in total. The van der Waals surface area contributed by atoms with Gasteiger partial charge in [-0.2, -0.15) is 13.3 Å². The number of unbranched alkanes of at least 4 members (excludes halogenated alkanes) is 1. The third-order valence-electron chi connectivity index (χ3n) is 5.14. The Morgan fingerprint density at radius 2 is 1.94 bits per heavy atom. The van der Waals surface area contributed by atoms with Gasteiger partial charge in [-0.3, -0.25) is 4.79 Å². The number of alkyl halides is 2. The fourth-order valence-electron chi connectivity index (χ4n) is 3.59. The van der Waals surface area contributed by atoms with E-state index in [-0.39, 0.29) is 11.3 Å². The fraction of sp³-hybridized carbons (Fsp3) is 0.273. The number of rotatable bonds is 9. The van der Waals surface area contributed by atoms with Gasteiger partial charge in [0.25, 0.3) is 5.91 Å². The molecule has 1 unspecified atom stereocenters. The van der Waals surface area contributed by atoms with Crippen molar-refractivity contribution in [1.82, 2.24) is 24.9 Å². The van der Waals surface area contributed by atoms with Crippen LogP contribution in [0.15, 0.2) is 48.5 Å². The number of carbonyl (C=O) groups is 1. The van der Waals surface area contributed by atoms with Crippen molar-refractivity contribution in [3.05, 3.63) is 64.7 Å². The summed E-state index contributed by atoms with van der Waals surface area (Å²) in [6.45, 7) is -2.55. The van der Waals surface area contributed by atoms with Crippen LogP contribution >= 0.6 is 12.2 Å². The van der Waals surface area contributed by atoms with Crippen LogP contribution in [-0.2, 0) is 0 Å². The predicted molar refractivity (Wildman–Crippen MR) is 122 cm³/mol. The molecule has 0 aliphatic carbocycles. The summed E-state index contributed by atoms with van der Waals surface area (Å²) in [5, 5.41) is 8.22. The molecular weight excluding hydrogens is 450 g/mol. The number of aromatic amines is 1. The Kier molecular flexibility index (Phi) is 6.90. The predicted octanol–water partition coefficient (Wildman–Crippen LogP) is 4.14. The lowest BCUT2D eigenvalue weighted by Gasteiger charge is -2.17. The molecule has 4 rings (SSSR count). The Morgan fingerprint density at radius 1 is 1.18 bits per heavy atom. The van der Waals surface area contributed by atoms with Crippen molar-refractivity contribution in [2.75, 3.05) is 6.54 Å². The molecule has 172 valence electrons. The second-order valence-electron chi connectivity index (χ2n) is 7.37. The van der Waals surface area contributed by atoms with Crippen LogP contribution in [-0.4, -0.2) is 38.6 Å². The van der Waals surface area contributed by atoms with Gasteiger partial charge in [-0.15, -0.1) is 5.10 Å². The lowest BCUT2D eigenvalue weighted by Crippen LogP contribution is -2.30. The average molecular weight is 473 g/mol. The zero-order valence-electron chi connectivity index (χ0n) is 17.5. The van der Waals surface area contributed by atoms with Crippen molar-refractivity contribution in [1.29, 1.82) is 0 Å². The number of hydrogen-bond donors (Lipinski definition) is 3. The number of benzene rings is 2. The zero-order chi connectivity index (χ0) is 23.4. The Balaban J connectivity index is 1.70. The van der Waals surface area contributed by atoms with Crippen LogP contribution in [0.4, 0.5) is 8.78 Å². The van der Waals surface area contributed by atoms with Crippen LogP contribution < -0.4 is 15.8 Å². The summed E-state index contributed by atoms with van der Waals surface area (Å²) in [5.41, 5.74) is 7.00. The van der Waals surface area contributed by atoms with Gasteiger partial charge in [-0.1, -0.05) is 24.3 Å². The number of ether oxygens (including phenoxy) is 1. The van der Waals surface area contributed by atoms with Crippen LogP contribution in [0, 0.1) is 4.77 Å². The van der Waals surface area contributed by atoms with E-state index in [2.05, 4.69) is 25.1 Å². The number of H-pyrrole nitrogens is 1. The molecule has 0 radical (unpaired) electrons. The minimum absolute atomic E-state index is 0.00636. The van der Waals surface area contributed by atoms with Gasteiger partial charge in [0.1, 0.15) is 5.75 Å².